The van der Waals surface area contributed by atoms with Crippen LogP contribution in [0, 0.1) is 17.0 Å². The van der Waals surface area contributed by atoms with Crippen molar-refractivity contribution < 1.29 is 4.92 Å². The Labute approximate surface area is 119 Å². The largest absolute Gasteiger partial charge is 0.381 e. The molecule has 0 unspecified atom stereocenters. The minimum Gasteiger partial charge on any atom is -0.381 e. The fraction of sp³-hybridized carbons (Fsp3) is 0.143. The van der Waals surface area contributed by atoms with Gasteiger partial charge in [-0.05, 0) is 24.1 Å². The molecule has 4 nitrogen and oxygen atoms in total. The van der Waals surface area contributed by atoms with Crippen LogP contribution in [-0.4, -0.2) is 4.92 Å². The van der Waals surface area contributed by atoms with Crippen LogP contribution in [0.2, 0.25) is 0 Å². The van der Waals surface area contributed by atoms with Crippen LogP contribution in [0.15, 0.2) is 46.9 Å². The van der Waals surface area contributed by atoms with E-state index in [-0.39, 0.29) is 10.6 Å². The minimum atomic E-state index is -0.386. The summed E-state index contributed by atoms with van der Waals surface area (Å²) in [7, 11) is 0. The van der Waals surface area contributed by atoms with Crippen LogP contribution in [0.5, 0.6) is 0 Å². The number of hydrogen-bond donors (Lipinski definition) is 1. The molecule has 0 heterocycles. The van der Waals surface area contributed by atoms with Gasteiger partial charge in [0.1, 0.15) is 0 Å². The molecule has 0 spiro atoms. The minimum absolute atomic E-state index is 0.0974. The van der Waals surface area contributed by atoms with Crippen LogP contribution in [-0.2, 0) is 6.54 Å². The Hall–Kier alpha value is -1.88. The van der Waals surface area contributed by atoms with Crippen molar-refractivity contribution in [2.24, 2.45) is 0 Å². The SMILES string of the molecule is Cc1ccc([N+](=O)[O-])cc1NCc1ccccc1Br. The molecular weight excluding hydrogens is 308 g/mol. The summed E-state index contributed by atoms with van der Waals surface area (Å²) in [5, 5.41) is 14.0. The van der Waals surface area contributed by atoms with Crippen molar-refractivity contribution in [3.05, 3.63) is 68.2 Å². The Balaban J connectivity index is 2.17. The molecule has 0 aliphatic heterocycles. The molecule has 0 aromatic heterocycles. The summed E-state index contributed by atoms with van der Waals surface area (Å²) in [5.41, 5.74) is 2.97. The third-order valence-corrected chi connectivity index (χ3v) is 3.63. The molecule has 1 N–H and O–H groups in total. The molecule has 0 saturated carbocycles. The highest BCUT2D eigenvalue weighted by atomic mass is 79.9. The van der Waals surface area contributed by atoms with Crippen LogP contribution in [0.4, 0.5) is 11.4 Å². The molecule has 2 aromatic rings. The first-order valence-electron chi connectivity index (χ1n) is 5.80. The van der Waals surface area contributed by atoms with Crippen LogP contribution in [0.1, 0.15) is 11.1 Å². The average Bonchev–Trinajstić information content (AvgIpc) is 2.39. The maximum atomic E-state index is 10.8. The number of benzene rings is 2. The zero-order valence-corrected chi connectivity index (χ0v) is 12.0. The van der Waals surface area contributed by atoms with E-state index in [0.29, 0.717) is 6.54 Å². The van der Waals surface area contributed by atoms with Crippen molar-refractivity contribution in [3.63, 3.8) is 0 Å². The van der Waals surface area contributed by atoms with Gasteiger partial charge >= 0.3 is 0 Å². The third kappa shape index (κ3) is 3.32. The Morgan fingerprint density at radius 2 is 2.00 bits per heavy atom. The maximum Gasteiger partial charge on any atom is 0.271 e. The molecule has 0 amide bonds. The molecule has 0 atom stereocenters. The highest BCUT2D eigenvalue weighted by Crippen LogP contribution is 2.23. The van der Waals surface area contributed by atoms with E-state index in [2.05, 4.69) is 21.2 Å². The van der Waals surface area contributed by atoms with Crippen molar-refractivity contribution >= 4 is 27.3 Å². The van der Waals surface area contributed by atoms with E-state index in [9.17, 15) is 10.1 Å². The van der Waals surface area contributed by atoms with E-state index in [1.54, 1.807) is 12.1 Å². The summed E-state index contributed by atoms with van der Waals surface area (Å²) in [6.45, 7) is 2.54. The van der Waals surface area contributed by atoms with E-state index in [0.717, 1.165) is 21.3 Å². The third-order valence-electron chi connectivity index (χ3n) is 2.86. The lowest BCUT2D eigenvalue weighted by atomic mass is 10.1. The highest BCUT2D eigenvalue weighted by Gasteiger charge is 2.08. The van der Waals surface area contributed by atoms with E-state index >= 15 is 0 Å². The van der Waals surface area contributed by atoms with Crippen LogP contribution >= 0.6 is 15.9 Å². The Morgan fingerprint density at radius 3 is 2.68 bits per heavy atom. The van der Waals surface area contributed by atoms with Gasteiger partial charge in [0.2, 0.25) is 0 Å². The summed E-state index contributed by atoms with van der Waals surface area (Å²) in [6.07, 6.45) is 0. The standard InChI is InChI=1S/C14H13BrN2O2/c1-10-6-7-12(17(18)19)8-14(10)16-9-11-4-2-3-5-13(11)15/h2-8,16H,9H2,1H3. The number of nitrogens with one attached hydrogen (secondary N) is 1. The lowest BCUT2D eigenvalue weighted by Crippen LogP contribution is -2.02. The summed E-state index contributed by atoms with van der Waals surface area (Å²) >= 11 is 3.48. The number of rotatable bonds is 4. The predicted octanol–water partition coefficient (Wildman–Crippen LogP) is 4.28. The maximum absolute atomic E-state index is 10.8. The molecule has 0 aliphatic rings. The number of anilines is 1. The Kier molecular flexibility index (Phi) is 4.16. The van der Waals surface area contributed by atoms with E-state index in [1.165, 1.54) is 6.07 Å². The smallest absolute Gasteiger partial charge is 0.271 e. The number of aryl methyl sites for hydroxylation is 1. The molecule has 2 rings (SSSR count). The normalized spacial score (nSPS) is 10.2. The monoisotopic (exact) mass is 320 g/mol. The fourth-order valence-corrected chi connectivity index (χ4v) is 2.17. The Morgan fingerprint density at radius 1 is 1.26 bits per heavy atom. The zero-order valence-electron chi connectivity index (χ0n) is 10.4. The van der Waals surface area contributed by atoms with Gasteiger partial charge in [-0.15, -0.1) is 0 Å². The lowest BCUT2D eigenvalue weighted by molar-refractivity contribution is -0.384. The number of nitrogens with zero attached hydrogens (tertiary/aromatic N) is 1. The molecule has 5 heteroatoms. The van der Waals surface area contributed by atoms with E-state index < -0.39 is 0 Å². The second-order valence-electron chi connectivity index (χ2n) is 4.20. The number of non-ortho nitro benzene ring substituents is 1. The van der Waals surface area contributed by atoms with Gasteiger partial charge in [0, 0.05) is 28.8 Å². The van der Waals surface area contributed by atoms with E-state index in [4.69, 9.17) is 0 Å². The van der Waals surface area contributed by atoms with E-state index in [1.807, 2.05) is 31.2 Å². The zero-order chi connectivity index (χ0) is 13.8. The summed E-state index contributed by atoms with van der Waals surface area (Å²) in [6, 6.07) is 12.7. The predicted molar refractivity (Wildman–Crippen MR) is 79.3 cm³/mol. The average molecular weight is 321 g/mol. The first kappa shape index (κ1) is 13.5. The Bertz CT molecular complexity index is 614. The van der Waals surface area contributed by atoms with Crippen LogP contribution in [0.25, 0.3) is 0 Å². The quantitative estimate of drug-likeness (QED) is 0.675. The second-order valence-corrected chi connectivity index (χ2v) is 5.06. The molecular formula is C14H13BrN2O2. The number of nitro groups is 1. The van der Waals surface area contributed by atoms with Gasteiger partial charge < -0.3 is 5.32 Å². The van der Waals surface area contributed by atoms with Gasteiger partial charge in [-0.2, -0.15) is 0 Å². The highest BCUT2D eigenvalue weighted by molar-refractivity contribution is 9.10. The fourth-order valence-electron chi connectivity index (χ4n) is 1.75. The van der Waals surface area contributed by atoms with Crippen LogP contribution in [0.3, 0.4) is 0 Å². The van der Waals surface area contributed by atoms with Gasteiger partial charge in [0.15, 0.2) is 0 Å². The topological polar surface area (TPSA) is 55.2 Å². The molecule has 2 aromatic carbocycles. The second kappa shape index (κ2) is 5.84. The molecule has 0 aliphatic carbocycles. The van der Waals surface area contributed by atoms with Crippen molar-refractivity contribution in [1.29, 1.82) is 0 Å². The van der Waals surface area contributed by atoms with Crippen molar-refractivity contribution in [3.8, 4) is 0 Å². The van der Waals surface area contributed by atoms with Crippen molar-refractivity contribution in [2.75, 3.05) is 5.32 Å². The first-order chi connectivity index (χ1) is 9.08. The number of hydrogen-bond acceptors (Lipinski definition) is 3. The summed E-state index contributed by atoms with van der Waals surface area (Å²) in [4.78, 5) is 10.4. The van der Waals surface area contributed by atoms with Gasteiger partial charge in [0.25, 0.3) is 5.69 Å². The number of nitro benzene ring substituents is 1. The van der Waals surface area contributed by atoms with Crippen molar-refractivity contribution in [2.45, 2.75) is 13.5 Å². The first-order valence-corrected chi connectivity index (χ1v) is 6.59. The molecule has 98 valence electrons. The van der Waals surface area contributed by atoms with Gasteiger partial charge in [-0.3, -0.25) is 10.1 Å². The molecule has 19 heavy (non-hydrogen) atoms. The summed E-state index contributed by atoms with van der Waals surface area (Å²) < 4.78 is 1.02. The van der Waals surface area contributed by atoms with Crippen molar-refractivity contribution in [1.82, 2.24) is 0 Å². The molecule has 0 saturated heterocycles. The van der Waals surface area contributed by atoms with Gasteiger partial charge in [0.05, 0.1) is 4.92 Å². The molecule has 0 bridgehead atoms. The van der Waals surface area contributed by atoms with Crippen LogP contribution < -0.4 is 5.32 Å². The molecule has 0 fully saturated rings. The van der Waals surface area contributed by atoms with Gasteiger partial charge in [-0.1, -0.05) is 40.2 Å². The summed E-state index contributed by atoms with van der Waals surface area (Å²) in [5.74, 6) is 0. The number of halogens is 1. The molecule has 0 radical (unpaired) electrons. The van der Waals surface area contributed by atoms with Gasteiger partial charge in [-0.25, -0.2) is 0 Å². The lowest BCUT2D eigenvalue weighted by Gasteiger charge is -2.10.